The predicted molar refractivity (Wildman–Crippen MR) is 108 cm³/mol. The van der Waals surface area contributed by atoms with Crippen molar-refractivity contribution in [2.45, 2.75) is 30.4 Å². The maximum absolute atomic E-state index is 13.1. The molecule has 1 saturated heterocycles. The molecular weight excluding hydrogens is 408 g/mol. The van der Waals surface area contributed by atoms with Crippen molar-refractivity contribution in [3.05, 3.63) is 48.0 Å². The molecule has 3 aliphatic heterocycles. The summed E-state index contributed by atoms with van der Waals surface area (Å²) in [5.41, 5.74) is 1.81. The summed E-state index contributed by atoms with van der Waals surface area (Å²) in [5.74, 6) is 1.01. The zero-order valence-electron chi connectivity index (χ0n) is 16.3. The summed E-state index contributed by atoms with van der Waals surface area (Å²) in [4.78, 5) is 14.3. The molecule has 2 aromatic carbocycles. The zero-order chi connectivity index (χ0) is 20.7. The van der Waals surface area contributed by atoms with Gasteiger partial charge in [0, 0.05) is 30.8 Å². The number of nitrogens with zero attached hydrogens (tertiary/aromatic N) is 2. The second-order valence-corrected chi connectivity index (χ2v) is 9.43. The van der Waals surface area contributed by atoms with Crippen molar-refractivity contribution < 1.29 is 27.4 Å². The summed E-state index contributed by atoms with van der Waals surface area (Å²) in [6.45, 7) is 1.77. The summed E-state index contributed by atoms with van der Waals surface area (Å²) in [6.07, 6.45) is 0.697. The number of para-hydroxylation sites is 1. The van der Waals surface area contributed by atoms with E-state index in [2.05, 4.69) is 0 Å². The molecule has 0 radical (unpaired) electrons. The molecule has 0 aromatic heterocycles. The number of fused-ring (bicyclic) bond motifs is 2. The van der Waals surface area contributed by atoms with Crippen LogP contribution in [0, 0.1) is 0 Å². The van der Waals surface area contributed by atoms with E-state index in [0.717, 1.165) is 11.3 Å². The van der Waals surface area contributed by atoms with E-state index in [4.69, 9.17) is 14.2 Å². The second-order valence-electron chi connectivity index (χ2n) is 7.49. The van der Waals surface area contributed by atoms with Gasteiger partial charge in [0.1, 0.15) is 19.8 Å². The molecule has 0 bridgehead atoms. The lowest BCUT2D eigenvalue weighted by molar-refractivity contribution is 0.136. The highest BCUT2D eigenvalue weighted by atomic mass is 32.2. The van der Waals surface area contributed by atoms with Gasteiger partial charge in [-0.2, -0.15) is 4.31 Å². The van der Waals surface area contributed by atoms with Crippen LogP contribution < -0.4 is 14.4 Å². The van der Waals surface area contributed by atoms with Crippen LogP contribution in [0.25, 0.3) is 0 Å². The first-order chi connectivity index (χ1) is 14.5. The molecular formula is C21H22N2O6S. The fraction of sp³-hybridized carbons (Fsp3) is 0.381. The number of hydrogen-bond donors (Lipinski definition) is 0. The SMILES string of the molecule is O=C1OCc2ccccc2N1C1CCN(S(=O)(=O)c2ccc3c(c2)OCCO3)CC1. The van der Waals surface area contributed by atoms with E-state index in [1.807, 2.05) is 24.3 Å². The van der Waals surface area contributed by atoms with Crippen LogP contribution in [0.1, 0.15) is 18.4 Å². The van der Waals surface area contributed by atoms with Gasteiger partial charge in [-0.15, -0.1) is 0 Å². The molecule has 1 amide bonds. The van der Waals surface area contributed by atoms with Crippen LogP contribution in [-0.4, -0.2) is 51.2 Å². The Morgan fingerprint density at radius 3 is 2.43 bits per heavy atom. The third-order valence-electron chi connectivity index (χ3n) is 5.74. The summed E-state index contributed by atoms with van der Waals surface area (Å²) >= 11 is 0. The number of carbonyl (C=O) groups is 1. The molecule has 8 nitrogen and oxygen atoms in total. The van der Waals surface area contributed by atoms with E-state index in [1.165, 1.54) is 10.4 Å². The lowest BCUT2D eigenvalue weighted by atomic mass is 10.0. The number of amides is 1. The number of rotatable bonds is 3. The molecule has 30 heavy (non-hydrogen) atoms. The number of benzene rings is 2. The monoisotopic (exact) mass is 430 g/mol. The van der Waals surface area contributed by atoms with Gasteiger partial charge < -0.3 is 14.2 Å². The van der Waals surface area contributed by atoms with Gasteiger partial charge in [0.05, 0.1) is 10.6 Å². The third kappa shape index (κ3) is 3.27. The maximum Gasteiger partial charge on any atom is 0.414 e. The van der Waals surface area contributed by atoms with Gasteiger partial charge >= 0.3 is 6.09 Å². The van der Waals surface area contributed by atoms with Gasteiger partial charge in [0.15, 0.2) is 11.5 Å². The van der Waals surface area contributed by atoms with Crippen LogP contribution in [0.3, 0.4) is 0 Å². The minimum atomic E-state index is -3.66. The number of carbonyl (C=O) groups excluding carboxylic acids is 1. The first kappa shape index (κ1) is 19.2. The van der Waals surface area contributed by atoms with Gasteiger partial charge in [0.2, 0.25) is 10.0 Å². The Hall–Kier alpha value is -2.78. The molecule has 3 heterocycles. The molecule has 0 aliphatic carbocycles. The standard InChI is InChI=1S/C21H22N2O6S/c24-21-23(18-4-2-1-3-15(18)14-29-21)16-7-9-22(10-8-16)30(25,26)17-5-6-19-20(13-17)28-12-11-27-19/h1-6,13,16H,7-12,14H2. The van der Waals surface area contributed by atoms with Gasteiger partial charge in [0.25, 0.3) is 0 Å². The number of anilines is 1. The van der Waals surface area contributed by atoms with Crippen molar-refractivity contribution in [1.82, 2.24) is 4.31 Å². The normalized spacial score (nSPS) is 19.9. The van der Waals surface area contributed by atoms with Crippen molar-refractivity contribution in [1.29, 1.82) is 0 Å². The number of cyclic esters (lactones) is 1. The molecule has 0 unspecified atom stereocenters. The highest BCUT2D eigenvalue weighted by molar-refractivity contribution is 7.89. The molecule has 158 valence electrons. The molecule has 0 saturated carbocycles. The number of hydrogen-bond acceptors (Lipinski definition) is 6. The maximum atomic E-state index is 13.1. The quantitative estimate of drug-likeness (QED) is 0.744. The lowest BCUT2D eigenvalue weighted by Crippen LogP contribution is -2.50. The van der Waals surface area contributed by atoms with E-state index in [-0.39, 0.29) is 23.6 Å². The van der Waals surface area contributed by atoms with E-state index in [9.17, 15) is 13.2 Å². The average molecular weight is 430 g/mol. The molecule has 0 spiro atoms. The fourth-order valence-electron chi connectivity index (χ4n) is 4.19. The van der Waals surface area contributed by atoms with Crippen molar-refractivity contribution in [3.8, 4) is 11.5 Å². The van der Waals surface area contributed by atoms with Crippen LogP contribution in [0.15, 0.2) is 47.4 Å². The van der Waals surface area contributed by atoms with Crippen molar-refractivity contribution >= 4 is 21.8 Å². The Labute approximate surface area is 175 Å². The van der Waals surface area contributed by atoms with Gasteiger partial charge in [-0.05, 0) is 31.0 Å². The number of sulfonamides is 1. The van der Waals surface area contributed by atoms with Gasteiger partial charge in [-0.3, -0.25) is 4.90 Å². The summed E-state index contributed by atoms with van der Waals surface area (Å²) in [6, 6.07) is 12.3. The first-order valence-corrected chi connectivity index (χ1v) is 11.4. The smallest absolute Gasteiger partial charge is 0.414 e. The van der Waals surface area contributed by atoms with Crippen LogP contribution in [0.5, 0.6) is 11.5 Å². The zero-order valence-corrected chi connectivity index (χ0v) is 17.1. The van der Waals surface area contributed by atoms with Crippen molar-refractivity contribution in [3.63, 3.8) is 0 Å². The molecule has 9 heteroatoms. The molecule has 0 atom stereocenters. The summed E-state index contributed by atoms with van der Waals surface area (Å²) < 4.78 is 44.1. The van der Waals surface area contributed by atoms with E-state index >= 15 is 0 Å². The highest BCUT2D eigenvalue weighted by Gasteiger charge is 2.37. The summed E-state index contributed by atoms with van der Waals surface area (Å²) in [5, 5.41) is 0. The molecule has 2 aromatic rings. The minimum absolute atomic E-state index is 0.106. The van der Waals surface area contributed by atoms with E-state index in [0.29, 0.717) is 50.6 Å². The van der Waals surface area contributed by atoms with Crippen LogP contribution in [0.4, 0.5) is 10.5 Å². The minimum Gasteiger partial charge on any atom is -0.486 e. The lowest BCUT2D eigenvalue weighted by Gasteiger charge is -2.39. The molecule has 3 aliphatic rings. The van der Waals surface area contributed by atoms with Crippen LogP contribution in [-0.2, 0) is 21.4 Å². The number of ether oxygens (including phenoxy) is 3. The van der Waals surface area contributed by atoms with E-state index in [1.54, 1.807) is 17.0 Å². The van der Waals surface area contributed by atoms with E-state index < -0.39 is 10.0 Å². The molecule has 0 N–H and O–H groups in total. The van der Waals surface area contributed by atoms with Gasteiger partial charge in [-0.25, -0.2) is 13.2 Å². The van der Waals surface area contributed by atoms with Crippen LogP contribution in [0.2, 0.25) is 0 Å². The first-order valence-electron chi connectivity index (χ1n) is 9.98. The number of piperidine rings is 1. The second kappa shape index (κ2) is 7.48. The van der Waals surface area contributed by atoms with Gasteiger partial charge in [-0.1, -0.05) is 18.2 Å². The Morgan fingerprint density at radius 1 is 0.900 bits per heavy atom. The summed E-state index contributed by atoms with van der Waals surface area (Å²) in [7, 11) is -3.66. The average Bonchev–Trinajstić information content (AvgIpc) is 2.79. The Kier molecular flexibility index (Phi) is 4.79. The third-order valence-corrected chi connectivity index (χ3v) is 7.63. The Balaban J connectivity index is 1.33. The predicted octanol–water partition coefficient (Wildman–Crippen LogP) is 2.77. The Morgan fingerprint density at radius 2 is 1.63 bits per heavy atom. The molecule has 1 fully saturated rings. The molecule has 5 rings (SSSR count). The Bertz CT molecular complexity index is 1080. The fourth-order valence-corrected chi connectivity index (χ4v) is 5.68. The largest absolute Gasteiger partial charge is 0.486 e. The van der Waals surface area contributed by atoms with Crippen molar-refractivity contribution in [2.24, 2.45) is 0 Å². The van der Waals surface area contributed by atoms with Crippen molar-refractivity contribution in [2.75, 3.05) is 31.2 Å². The highest BCUT2D eigenvalue weighted by Crippen LogP contribution is 2.35. The topological polar surface area (TPSA) is 85.4 Å². The van der Waals surface area contributed by atoms with Crippen LogP contribution >= 0.6 is 0 Å².